The Bertz CT molecular complexity index is 528. The molecule has 4 heteroatoms. The molecule has 0 aromatic carbocycles. The number of aryl methyl sites for hydroxylation is 1. The van der Waals surface area contributed by atoms with Gasteiger partial charge in [0.2, 0.25) is 5.76 Å². The quantitative estimate of drug-likeness (QED) is 0.928. The number of hydrogen-bond donors (Lipinski definition) is 1. The Balaban J connectivity index is 1.50. The van der Waals surface area contributed by atoms with E-state index in [2.05, 4.69) is 17.4 Å². The first-order valence-corrected chi connectivity index (χ1v) is 8.28. The van der Waals surface area contributed by atoms with E-state index in [1.165, 1.54) is 38.5 Å². The first-order chi connectivity index (χ1) is 10.0. The van der Waals surface area contributed by atoms with Crippen LogP contribution in [-0.2, 0) is 0 Å². The summed E-state index contributed by atoms with van der Waals surface area (Å²) >= 11 is 0. The molecule has 0 aliphatic heterocycles. The Morgan fingerprint density at radius 1 is 1.29 bits per heavy atom. The van der Waals surface area contributed by atoms with Gasteiger partial charge in [0.15, 0.2) is 0 Å². The first kappa shape index (κ1) is 13.4. The highest BCUT2D eigenvalue weighted by Crippen LogP contribution is 2.61. The molecule has 4 saturated carbocycles. The van der Waals surface area contributed by atoms with Crippen molar-refractivity contribution in [2.45, 2.75) is 58.4 Å². The highest BCUT2D eigenvalue weighted by molar-refractivity contribution is 5.91. The van der Waals surface area contributed by atoms with Crippen LogP contribution >= 0.6 is 0 Å². The van der Waals surface area contributed by atoms with Crippen LogP contribution in [0.5, 0.6) is 0 Å². The van der Waals surface area contributed by atoms with E-state index in [-0.39, 0.29) is 11.9 Å². The summed E-state index contributed by atoms with van der Waals surface area (Å²) in [6, 6.07) is 1.94. The van der Waals surface area contributed by atoms with Crippen LogP contribution in [0.15, 0.2) is 10.6 Å². The second kappa shape index (κ2) is 4.59. The van der Waals surface area contributed by atoms with E-state index in [0.29, 0.717) is 11.2 Å². The molecule has 0 saturated heterocycles. The summed E-state index contributed by atoms with van der Waals surface area (Å²) in [6.07, 6.45) is 8.20. The summed E-state index contributed by atoms with van der Waals surface area (Å²) in [4.78, 5) is 12.3. The van der Waals surface area contributed by atoms with Crippen molar-refractivity contribution in [1.82, 2.24) is 10.5 Å². The van der Waals surface area contributed by atoms with Gasteiger partial charge in [-0.15, -0.1) is 0 Å². The van der Waals surface area contributed by atoms with E-state index in [9.17, 15) is 4.79 Å². The van der Waals surface area contributed by atoms with E-state index in [0.717, 1.165) is 23.4 Å². The van der Waals surface area contributed by atoms with Crippen LogP contribution in [0.25, 0.3) is 0 Å². The molecule has 4 nitrogen and oxygen atoms in total. The third kappa shape index (κ3) is 2.19. The third-order valence-electron chi connectivity index (χ3n) is 6.20. The number of rotatable bonds is 3. The molecule has 5 rings (SSSR count). The van der Waals surface area contributed by atoms with E-state index < -0.39 is 0 Å². The average molecular weight is 288 g/mol. The zero-order chi connectivity index (χ0) is 14.6. The highest BCUT2D eigenvalue weighted by atomic mass is 16.5. The van der Waals surface area contributed by atoms with Crippen molar-refractivity contribution < 1.29 is 9.32 Å². The molecule has 1 heterocycles. The molecule has 4 fully saturated rings. The van der Waals surface area contributed by atoms with Crippen molar-refractivity contribution >= 4 is 5.91 Å². The monoisotopic (exact) mass is 288 g/mol. The summed E-state index contributed by atoms with van der Waals surface area (Å²) in [5, 5.41) is 7.00. The van der Waals surface area contributed by atoms with Crippen molar-refractivity contribution in [2.75, 3.05) is 0 Å². The van der Waals surface area contributed by atoms with E-state index >= 15 is 0 Å². The molecule has 1 N–H and O–H groups in total. The second-order valence-electron chi connectivity index (χ2n) is 7.81. The topological polar surface area (TPSA) is 55.1 Å². The van der Waals surface area contributed by atoms with Gasteiger partial charge in [-0.1, -0.05) is 5.16 Å². The standard InChI is InChI=1S/C17H24N2O2/c1-10-3-15(21-19-10)16(20)18-11(2)17-7-12-4-13(8-17)6-14(5-12)9-17/h3,11-14H,4-9H2,1-2H3,(H,18,20)/t11-,12?,13?,14?,17?/m0/s1. The predicted octanol–water partition coefficient (Wildman–Crippen LogP) is 3.32. The SMILES string of the molecule is Cc1cc(C(=O)N[C@@H](C)C23CC4CC(CC(C4)C2)C3)on1. The minimum atomic E-state index is -0.112. The third-order valence-corrected chi connectivity index (χ3v) is 6.20. The van der Waals surface area contributed by atoms with Gasteiger partial charge >= 0.3 is 0 Å². The molecular weight excluding hydrogens is 264 g/mol. The highest BCUT2D eigenvalue weighted by Gasteiger charge is 2.53. The molecule has 4 aliphatic rings. The lowest BCUT2D eigenvalue weighted by atomic mass is 9.48. The maximum atomic E-state index is 12.3. The van der Waals surface area contributed by atoms with Crippen molar-refractivity contribution in [1.29, 1.82) is 0 Å². The number of amides is 1. The Morgan fingerprint density at radius 3 is 2.33 bits per heavy atom. The average Bonchev–Trinajstić information content (AvgIpc) is 2.84. The number of carbonyl (C=O) groups is 1. The summed E-state index contributed by atoms with van der Waals surface area (Å²) < 4.78 is 5.08. The molecule has 4 aliphatic carbocycles. The summed E-state index contributed by atoms with van der Waals surface area (Å²) in [5.41, 5.74) is 1.09. The number of nitrogens with one attached hydrogen (secondary N) is 1. The Morgan fingerprint density at radius 2 is 1.86 bits per heavy atom. The van der Waals surface area contributed by atoms with Crippen LogP contribution in [0, 0.1) is 30.1 Å². The molecule has 0 spiro atoms. The van der Waals surface area contributed by atoms with Gasteiger partial charge in [0.25, 0.3) is 5.91 Å². The molecule has 1 atom stereocenters. The summed E-state index contributed by atoms with van der Waals surface area (Å²) in [6.45, 7) is 4.02. The van der Waals surface area contributed by atoms with Crippen LogP contribution in [0.3, 0.4) is 0 Å². The van der Waals surface area contributed by atoms with Gasteiger partial charge in [-0.2, -0.15) is 0 Å². The fraction of sp³-hybridized carbons (Fsp3) is 0.765. The predicted molar refractivity (Wildman–Crippen MR) is 78.8 cm³/mol. The maximum absolute atomic E-state index is 12.3. The van der Waals surface area contributed by atoms with Crippen molar-refractivity contribution in [2.24, 2.45) is 23.2 Å². The fourth-order valence-electron chi connectivity index (χ4n) is 5.60. The van der Waals surface area contributed by atoms with Gasteiger partial charge in [0, 0.05) is 12.1 Å². The Labute approximate surface area is 125 Å². The molecule has 21 heavy (non-hydrogen) atoms. The van der Waals surface area contributed by atoms with E-state index in [4.69, 9.17) is 4.52 Å². The number of carbonyl (C=O) groups excluding carboxylic acids is 1. The Hall–Kier alpha value is -1.32. The number of nitrogens with zero attached hydrogens (tertiary/aromatic N) is 1. The van der Waals surface area contributed by atoms with Crippen LogP contribution in [-0.4, -0.2) is 17.1 Å². The van der Waals surface area contributed by atoms with Gasteiger partial charge in [-0.25, -0.2) is 0 Å². The molecular formula is C17H24N2O2. The lowest BCUT2D eigenvalue weighted by Gasteiger charge is -2.59. The van der Waals surface area contributed by atoms with Crippen molar-refractivity contribution in [3.05, 3.63) is 17.5 Å². The molecule has 1 amide bonds. The maximum Gasteiger partial charge on any atom is 0.290 e. The zero-order valence-corrected chi connectivity index (χ0v) is 12.9. The number of hydrogen-bond acceptors (Lipinski definition) is 3. The summed E-state index contributed by atoms with van der Waals surface area (Å²) in [5.74, 6) is 2.94. The lowest BCUT2D eigenvalue weighted by molar-refractivity contribution is -0.0689. The molecule has 4 bridgehead atoms. The van der Waals surface area contributed by atoms with Gasteiger partial charge in [-0.3, -0.25) is 4.79 Å². The normalized spacial score (nSPS) is 38.5. The van der Waals surface area contributed by atoms with Crippen LogP contribution in [0.4, 0.5) is 0 Å². The van der Waals surface area contributed by atoms with Crippen molar-refractivity contribution in [3.63, 3.8) is 0 Å². The minimum absolute atomic E-state index is 0.112. The summed E-state index contributed by atoms with van der Waals surface area (Å²) in [7, 11) is 0. The fourth-order valence-corrected chi connectivity index (χ4v) is 5.60. The zero-order valence-electron chi connectivity index (χ0n) is 12.9. The van der Waals surface area contributed by atoms with Gasteiger partial charge in [0.05, 0.1) is 5.69 Å². The minimum Gasteiger partial charge on any atom is -0.351 e. The van der Waals surface area contributed by atoms with Crippen LogP contribution in [0.2, 0.25) is 0 Å². The van der Waals surface area contributed by atoms with Crippen LogP contribution in [0.1, 0.15) is 61.7 Å². The van der Waals surface area contributed by atoms with Gasteiger partial charge in [0.1, 0.15) is 0 Å². The smallest absolute Gasteiger partial charge is 0.290 e. The van der Waals surface area contributed by atoms with Crippen LogP contribution < -0.4 is 5.32 Å². The first-order valence-electron chi connectivity index (χ1n) is 8.28. The molecule has 0 unspecified atom stereocenters. The molecule has 1 aromatic heterocycles. The van der Waals surface area contributed by atoms with E-state index in [1.807, 2.05) is 6.92 Å². The molecule has 0 radical (unpaired) electrons. The Kier molecular flexibility index (Phi) is 2.92. The van der Waals surface area contributed by atoms with Crippen molar-refractivity contribution in [3.8, 4) is 0 Å². The molecule has 1 aromatic rings. The number of aromatic nitrogens is 1. The van der Waals surface area contributed by atoms with Gasteiger partial charge in [-0.05, 0) is 75.5 Å². The van der Waals surface area contributed by atoms with E-state index in [1.54, 1.807) is 6.07 Å². The van der Waals surface area contributed by atoms with Gasteiger partial charge < -0.3 is 9.84 Å². The largest absolute Gasteiger partial charge is 0.351 e. The second-order valence-corrected chi connectivity index (χ2v) is 7.81. The molecule has 114 valence electrons. The lowest BCUT2D eigenvalue weighted by Crippen LogP contribution is -2.55.